The zero-order valence-electron chi connectivity index (χ0n) is 17.7. The number of nitrogens with zero attached hydrogens (tertiary/aromatic N) is 2. The van der Waals surface area contributed by atoms with Crippen LogP contribution in [0.15, 0.2) is 58.4 Å². The number of guanidine groups is 1. The number of sulfonamides is 1. The fourth-order valence-electron chi connectivity index (χ4n) is 2.47. The molecule has 0 aliphatic rings. The summed E-state index contributed by atoms with van der Waals surface area (Å²) in [5.41, 5.74) is 1.73. The lowest BCUT2D eigenvalue weighted by molar-refractivity contribution is -0.127. The molecule has 2 aromatic rings. The fraction of sp³-hybridized carbons (Fsp3) is 0.300. The minimum atomic E-state index is -3.74. The van der Waals surface area contributed by atoms with Gasteiger partial charge in [0.25, 0.3) is 0 Å². The second kappa shape index (κ2) is 12.5. The third-order valence-corrected chi connectivity index (χ3v) is 5.15. The first-order valence-electron chi connectivity index (χ1n) is 9.16. The summed E-state index contributed by atoms with van der Waals surface area (Å²) in [6, 6.07) is 13.8. The maximum atomic E-state index is 11.9. The third kappa shape index (κ3) is 8.71. The Bertz CT molecular complexity index is 995. The smallest absolute Gasteiger partial charge is 0.241 e. The van der Waals surface area contributed by atoms with Gasteiger partial charge in [-0.1, -0.05) is 30.3 Å². The molecule has 0 spiro atoms. The Kier molecular flexibility index (Phi) is 10.7. The molecule has 4 N–H and O–H groups in total. The number of primary sulfonamides is 1. The van der Waals surface area contributed by atoms with Crippen LogP contribution in [0.3, 0.4) is 0 Å². The summed E-state index contributed by atoms with van der Waals surface area (Å²) in [4.78, 5) is 17.9. The monoisotopic (exact) mass is 561 g/mol. The second-order valence-electron chi connectivity index (χ2n) is 6.66. The SMILES string of the molecule is COc1ccccc1CNC(=NCc1ccc(S(N)(=O)=O)cc1)NCC(=O)N(C)C.I. The molecule has 0 unspecified atom stereocenters. The summed E-state index contributed by atoms with van der Waals surface area (Å²) in [7, 11) is 1.22. The Hall–Kier alpha value is -2.38. The third-order valence-electron chi connectivity index (χ3n) is 4.22. The summed E-state index contributed by atoms with van der Waals surface area (Å²) in [6.45, 7) is 0.799. The van der Waals surface area contributed by atoms with E-state index in [-0.39, 0.29) is 47.9 Å². The van der Waals surface area contributed by atoms with Crippen molar-refractivity contribution < 1.29 is 17.9 Å². The number of para-hydroxylation sites is 1. The van der Waals surface area contributed by atoms with Crippen LogP contribution in [0.5, 0.6) is 5.75 Å². The topological polar surface area (TPSA) is 126 Å². The molecule has 2 rings (SSSR count). The van der Waals surface area contributed by atoms with E-state index in [0.29, 0.717) is 12.5 Å². The van der Waals surface area contributed by atoms with Gasteiger partial charge in [-0.05, 0) is 23.8 Å². The van der Waals surface area contributed by atoms with E-state index in [0.717, 1.165) is 16.9 Å². The lowest BCUT2D eigenvalue weighted by atomic mass is 10.2. The number of halogens is 1. The zero-order chi connectivity index (χ0) is 22.1. The zero-order valence-corrected chi connectivity index (χ0v) is 20.8. The predicted molar refractivity (Wildman–Crippen MR) is 131 cm³/mol. The molecule has 0 radical (unpaired) electrons. The van der Waals surface area contributed by atoms with Gasteiger partial charge in [0.2, 0.25) is 15.9 Å². The van der Waals surface area contributed by atoms with Gasteiger partial charge < -0.3 is 20.3 Å². The Labute approximate surface area is 200 Å². The molecule has 0 aliphatic heterocycles. The Balaban J connectivity index is 0.00000480. The number of rotatable bonds is 8. The van der Waals surface area contributed by atoms with Gasteiger partial charge in [-0.25, -0.2) is 18.5 Å². The van der Waals surface area contributed by atoms with Crippen LogP contribution in [0.4, 0.5) is 0 Å². The van der Waals surface area contributed by atoms with Gasteiger partial charge in [-0.15, -0.1) is 24.0 Å². The van der Waals surface area contributed by atoms with Crippen molar-refractivity contribution in [2.45, 2.75) is 18.0 Å². The average molecular weight is 561 g/mol. The predicted octanol–water partition coefficient (Wildman–Crippen LogP) is 1.28. The number of aliphatic imine (C=N–C) groups is 1. The van der Waals surface area contributed by atoms with Gasteiger partial charge in [0.05, 0.1) is 25.1 Å². The molecule has 170 valence electrons. The average Bonchev–Trinajstić information content (AvgIpc) is 2.72. The molecule has 11 heteroatoms. The number of carbonyl (C=O) groups excluding carboxylic acids is 1. The molecule has 0 saturated carbocycles. The van der Waals surface area contributed by atoms with Gasteiger partial charge in [0.15, 0.2) is 5.96 Å². The van der Waals surface area contributed by atoms with Crippen LogP contribution < -0.4 is 20.5 Å². The Morgan fingerprint density at radius 2 is 1.74 bits per heavy atom. The van der Waals surface area contributed by atoms with Crippen LogP contribution >= 0.6 is 24.0 Å². The molecule has 0 heterocycles. The van der Waals surface area contributed by atoms with E-state index >= 15 is 0 Å². The van der Waals surface area contributed by atoms with E-state index in [9.17, 15) is 13.2 Å². The molecule has 0 fully saturated rings. The lowest BCUT2D eigenvalue weighted by Crippen LogP contribution is -2.42. The summed E-state index contributed by atoms with van der Waals surface area (Å²) in [5, 5.41) is 11.3. The van der Waals surface area contributed by atoms with E-state index < -0.39 is 10.0 Å². The summed E-state index contributed by atoms with van der Waals surface area (Å²) in [6.07, 6.45) is 0. The molecule has 0 aromatic heterocycles. The van der Waals surface area contributed by atoms with Crippen molar-refractivity contribution in [3.63, 3.8) is 0 Å². The van der Waals surface area contributed by atoms with Crippen LogP contribution in [0.25, 0.3) is 0 Å². The number of carbonyl (C=O) groups is 1. The molecule has 0 atom stereocenters. The number of likely N-dealkylation sites (N-methyl/N-ethyl adjacent to an activating group) is 1. The van der Waals surface area contributed by atoms with Gasteiger partial charge in [0, 0.05) is 26.2 Å². The summed E-state index contributed by atoms with van der Waals surface area (Å²) >= 11 is 0. The number of hydrogen-bond donors (Lipinski definition) is 3. The van der Waals surface area contributed by atoms with Crippen molar-refractivity contribution in [3.8, 4) is 5.75 Å². The molecule has 0 aliphatic carbocycles. The number of ether oxygens (including phenoxy) is 1. The number of amides is 1. The van der Waals surface area contributed by atoms with Gasteiger partial charge in [0.1, 0.15) is 5.75 Å². The Morgan fingerprint density at radius 3 is 2.32 bits per heavy atom. The van der Waals surface area contributed by atoms with Crippen molar-refractivity contribution >= 4 is 45.9 Å². The standard InChI is InChI=1S/C20H27N5O4S.HI/c1-25(2)19(26)14-24-20(23-13-16-6-4-5-7-18(16)29-3)22-12-15-8-10-17(11-9-15)30(21,27)28;/h4-11H,12-14H2,1-3H3,(H2,21,27,28)(H2,22,23,24);1H. The van der Waals surface area contributed by atoms with Crippen molar-refractivity contribution in [2.24, 2.45) is 10.1 Å². The van der Waals surface area contributed by atoms with Crippen molar-refractivity contribution in [1.29, 1.82) is 0 Å². The van der Waals surface area contributed by atoms with E-state index in [4.69, 9.17) is 9.88 Å². The highest BCUT2D eigenvalue weighted by atomic mass is 127. The maximum Gasteiger partial charge on any atom is 0.241 e. The number of hydrogen-bond acceptors (Lipinski definition) is 5. The maximum absolute atomic E-state index is 11.9. The first-order valence-corrected chi connectivity index (χ1v) is 10.7. The number of methoxy groups -OCH3 is 1. The summed E-state index contributed by atoms with van der Waals surface area (Å²) in [5.74, 6) is 1.08. The Morgan fingerprint density at radius 1 is 1.10 bits per heavy atom. The van der Waals surface area contributed by atoms with Crippen LogP contribution in [0.1, 0.15) is 11.1 Å². The minimum absolute atomic E-state index is 0. The number of benzene rings is 2. The normalized spacial score (nSPS) is 11.3. The van der Waals surface area contributed by atoms with E-state index in [1.54, 1.807) is 33.3 Å². The van der Waals surface area contributed by atoms with Crippen molar-refractivity contribution in [1.82, 2.24) is 15.5 Å². The molecule has 31 heavy (non-hydrogen) atoms. The van der Waals surface area contributed by atoms with Crippen LogP contribution in [-0.2, 0) is 27.9 Å². The van der Waals surface area contributed by atoms with Gasteiger partial charge in [-0.3, -0.25) is 4.79 Å². The number of nitrogens with two attached hydrogens (primary N) is 1. The molecule has 2 aromatic carbocycles. The first kappa shape index (κ1) is 26.7. The first-order chi connectivity index (χ1) is 14.2. The fourth-order valence-corrected chi connectivity index (χ4v) is 2.99. The minimum Gasteiger partial charge on any atom is -0.496 e. The van der Waals surface area contributed by atoms with Crippen molar-refractivity contribution in [2.75, 3.05) is 27.7 Å². The van der Waals surface area contributed by atoms with Gasteiger partial charge >= 0.3 is 0 Å². The molecule has 0 saturated heterocycles. The lowest BCUT2D eigenvalue weighted by Gasteiger charge is -2.16. The van der Waals surface area contributed by atoms with E-state index in [2.05, 4.69) is 15.6 Å². The molecule has 0 bridgehead atoms. The molecular weight excluding hydrogens is 533 g/mol. The van der Waals surface area contributed by atoms with Crippen molar-refractivity contribution in [3.05, 3.63) is 59.7 Å². The summed E-state index contributed by atoms with van der Waals surface area (Å²) < 4.78 is 28.1. The highest BCUT2D eigenvalue weighted by Gasteiger charge is 2.09. The van der Waals surface area contributed by atoms with Crippen LogP contribution in [-0.4, -0.2) is 52.9 Å². The van der Waals surface area contributed by atoms with Gasteiger partial charge in [-0.2, -0.15) is 0 Å². The highest BCUT2D eigenvalue weighted by Crippen LogP contribution is 2.16. The van der Waals surface area contributed by atoms with Crippen LogP contribution in [0, 0.1) is 0 Å². The van der Waals surface area contributed by atoms with Crippen LogP contribution in [0.2, 0.25) is 0 Å². The van der Waals surface area contributed by atoms with E-state index in [1.165, 1.54) is 17.0 Å². The van der Waals surface area contributed by atoms with E-state index in [1.807, 2.05) is 24.3 Å². The molecule has 1 amide bonds. The highest BCUT2D eigenvalue weighted by molar-refractivity contribution is 14.0. The molecular formula is C20H28IN5O4S. The largest absolute Gasteiger partial charge is 0.496 e. The quantitative estimate of drug-likeness (QED) is 0.253. The molecule has 9 nitrogen and oxygen atoms in total. The number of nitrogens with one attached hydrogen (secondary N) is 2. The second-order valence-corrected chi connectivity index (χ2v) is 8.22.